The summed E-state index contributed by atoms with van der Waals surface area (Å²) in [5.74, 6) is -0.709. The van der Waals surface area contributed by atoms with Gasteiger partial charge >= 0.3 is 0 Å². The molecular weight excluding hydrogens is 240 g/mol. The summed E-state index contributed by atoms with van der Waals surface area (Å²) >= 11 is 5.88. The van der Waals surface area contributed by atoms with Crippen LogP contribution in [0.5, 0.6) is 0 Å². The Labute approximate surface area is 105 Å². The molecule has 1 saturated heterocycles. The lowest BCUT2D eigenvalue weighted by Crippen LogP contribution is -2.26. The van der Waals surface area contributed by atoms with Gasteiger partial charge in [-0.2, -0.15) is 0 Å². The Morgan fingerprint density at radius 1 is 1.44 bits per heavy atom. The molecule has 0 aromatic carbocycles. The summed E-state index contributed by atoms with van der Waals surface area (Å²) in [4.78, 5) is 1.77. The Hall–Kier alpha value is -0.550. The molecule has 1 aliphatic heterocycles. The van der Waals surface area contributed by atoms with Crippen molar-refractivity contribution >= 4 is 34.4 Å². The van der Waals surface area contributed by atoms with Crippen LogP contribution in [-0.4, -0.2) is 19.0 Å². The van der Waals surface area contributed by atoms with Crippen LogP contribution >= 0.6 is 24.0 Å². The molecule has 0 atom stereocenters. The zero-order chi connectivity index (χ0) is 11.8. The Kier molecular flexibility index (Phi) is 3.26. The third kappa shape index (κ3) is 1.98. The predicted octanol–water partition coefficient (Wildman–Crippen LogP) is 3.42. The highest BCUT2D eigenvalue weighted by Gasteiger charge is 2.36. The van der Waals surface area contributed by atoms with Gasteiger partial charge in [0.05, 0.1) is 13.2 Å². The first-order valence-corrected chi connectivity index (χ1v) is 6.31. The van der Waals surface area contributed by atoms with Crippen LogP contribution in [-0.2, 0) is 9.47 Å². The van der Waals surface area contributed by atoms with Crippen LogP contribution < -0.4 is 0 Å². The molecule has 16 heavy (non-hydrogen) atoms. The molecule has 86 valence electrons. The van der Waals surface area contributed by atoms with Gasteiger partial charge in [-0.1, -0.05) is 13.2 Å². The largest absolute Gasteiger partial charge is 0.344 e. The van der Waals surface area contributed by atoms with Gasteiger partial charge in [0.1, 0.15) is 0 Å². The fraction of sp³-hybridized carbons (Fsp3) is 0.333. The lowest BCUT2D eigenvalue weighted by molar-refractivity contribution is -0.0901. The maximum atomic E-state index is 5.59. The highest BCUT2D eigenvalue weighted by atomic mass is 32.1. The van der Waals surface area contributed by atoms with E-state index in [9.17, 15) is 0 Å². The highest BCUT2D eigenvalue weighted by Crippen LogP contribution is 2.39. The maximum Gasteiger partial charge on any atom is 0.192 e. The Morgan fingerprint density at radius 3 is 2.62 bits per heavy atom. The molecule has 0 radical (unpaired) electrons. The van der Waals surface area contributed by atoms with Gasteiger partial charge in [-0.3, -0.25) is 0 Å². The summed E-state index contributed by atoms with van der Waals surface area (Å²) in [6, 6.07) is 2.00. The van der Waals surface area contributed by atoms with Crippen molar-refractivity contribution in [3.05, 3.63) is 35.0 Å². The van der Waals surface area contributed by atoms with Crippen LogP contribution in [0.1, 0.15) is 17.4 Å². The average Bonchev–Trinajstić information content (AvgIpc) is 2.85. The molecule has 0 amide bonds. The third-order valence-corrected chi connectivity index (χ3v) is 3.99. The minimum atomic E-state index is -0.709. The van der Waals surface area contributed by atoms with E-state index in [0.717, 1.165) is 20.9 Å². The summed E-state index contributed by atoms with van der Waals surface area (Å²) < 4.78 is 11.2. The number of hydrogen-bond donors (Lipinski definition) is 1. The van der Waals surface area contributed by atoms with Gasteiger partial charge < -0.3 is 9.47 Å². The second kappa shape index (κ2) is 4.37. The second-order valence-corrected chi connectivity index (χ2v) is 5.19. The molecule has 2 heterocycles. The van der Waals surface area contributed by atoms with E-state index in [0.29, 0.717) is 13.2 Å². The minimum Gasteiger partial charge on any atom is -0.344 e. The average molecular weight is 254 g/mol. The van der Waals surface area contributed by atoms with Crippen molar-refractivity contribution in [1.29, 1.82) is 0 Å². The van der Waals surface area contributed by atoms with E-state index >= 15 is 0 Å². The molecule has 1 aromatic heterocycles. The molecule has 0 aliphatic carbocycles. The normalized spacial score (nSPS) is 18.6. The molecular formula is C12H14O2S2. The predicted molar refractivity (Wildman–Crippen MR) is 71.7 cm³/mol. The zero-order valence-electron chi connectivity index (χ0n) is 9.16. The zero-order valence-corrected chi connectivity index (χ0v) is 10.9. The van der Waals surface area contributed by atoms with Gasteiger partial charge in [0.15, 0.2) is 5.79 Å². The highest BCUT2D eigenvalue weighted by molar-refractivity contribution is 7.90. The number of hydrogen-bond acceptors (Lipinski definition) is 4. The summed E-state index contributed by atoms with van der Waals surface area (Å²) in [7, 11) is 0. The smallest absolute Gasteiger partial charge is 0.192 e. The molecule has 1 aromatic rings. The van der Waals surface area contributed by atoms with E-state index in [1.807, 2.05) is 18.4 Å². The molecule has 0 spiro atoms. The van der Waals surface area contributed by atoms with Crippen molar-refractivity contribution in [3.8, 4) is 0 Å². The molecule has 0 unspecified atom stereocenters. The summed E-state index contributed by atoms with van der Waals surface area (Å²) in [5, 5.41) is 2.00. The van der Waals surface area contributed by atoms with E-state index in [2.05, 4.69) is 25.8 Å². The molecule has 0 bridgehead atoms. The standard InChI is InChI=1S/C12H14O2S2/c1-8(12(3)13-5-6-14-12)10-4-7-16-11(10)9(2)15/h4,7,15H,1-2,5-6H2,3H3. The van der Waals surface area contributed by atoms with Gasteiger partial charge in [0.25, 0.3) is 0 Å². The SMILES string of the molecule is C=C(S)c1sccc1C(=C)C1(C)OCCO1. The van der Waals surface area contributed by atoms with Crippen LogP contribution in [0.15, 0.2) is 24.6 Å². The number of thiol groups is 1. The molecule has 0 saturated carbocycles. The van der Waals surface area contributed by atoms with Gasteiger partial charge in [0.2, 0.25) is 0 Å². The van der Waals surface area contributed by atoms with Crippen molar-refractivity contribution in [1.82, 2.24) is 0 Å². The third-order valence-electron chi connectivity index (χ3n) is 2.64. The van der Waals surface area contributed by atoms with Crippen molar-refractivity contribution < 1.29 is 9.47 Å². The summed E-state index contributed by atoms with van der Waals surface area (Å²) in [6.45, 7) is 11.0. The Bertz CT molecular complexity index is 428. The number of rotatable bonds is 3. The fourth-order valence-corrected chi connectivity index (χ4v) is 2.78. The van der Waals surface area contributed by atoms with Gasteiger partial charge in [-0.05, 0) is 18.4 Å². The van der Waals surface area contributed by atoms with Crippen molar-refractivity contribution in [2.24, 2.45) is 0 Å². The van der Waals surface area contributed by atoms with E-state index in [-0.39, 0.29) is 0 Å². The molecule has 1 aliphatic rings. The second-order valence-electron chi connectivity index (χ2n) is 3.73. The fourth-order valence-electron chi connectivity index (χ4n) is 1.70. The van der Waals surface area contributed by atoms with E-state index in [1.54, 1.807) is 11.3 Å². The molecule has 0 N–H and O–H groups in total. The molecule has 4 heteroatoms. The van der Waals surface area contributed by atoms with Crippen molar-refractivity contribution in [2.45, 2.75) is 12.7 Å². The van der Waals surface area contributed by atoms with Gasteiger partial charge in [-0.25, -0.2) is 0 Å². The van der Waals surface area contributed by atoms with Crippen LogP contribution in [0.25, 0.3) is 10.5 Å². The van der Waals surface area contributed by atoms with Crippen LogP contribution in [0.4, 0.5) is 0 Å². The van der Waals surface area contributed by atoms with E-state index < -0.39 is 5.79 Å². The Morgan fingerprint density at radius 2 is 2.06 bits per heavy atom. The number of ether oxygens (including phenoxy) is 2. The summed E-state index contributed by atoms with van der Waals surface area (Å²) in [6.07, 6.45) is 0. The van der Waals surface area contributed by atoms with Crippen LogP contribution in [0.2, 0.25) is 0 Å². The first kappa shape index (κ1) is 11.9. The lowest BCUT2D eigenvalue weighted by atomic mass is 10.0. The number of thiophene rings is 1. The first-order valence-electron chi connectivity index (χ1n) is 4.98. The lowest BCUT2D eigenvalue weighted by Gasteiger charge is -2.25. The molecule has 2 nitrogen and oxygen atoms in total. The van der Waals surface area contributed by atoms with E-state index in [1.165, 1.54) is 0 Å². The van der Waals surface area contributed by atoms with Crippen LogP contribution in [0.3, 0.4) is 0 Å². The quantitative estimate of drug-likeness (QED) is 0.833. The monoisotopic (exact) mass is 254 g/mol. The molecule has 2 rings (SSSR count). The Balaban J connectivity index is 2.33. The first-order chi connectivity index (χ1) is 7.54. The van der Waals surface area contributed by atoms with Crippen molar-refractivity contribution in [3.63, 3.8) is 0 Å². The van der Waals surface area contributed by atoms with Gasteiger partial charge in [-0.15, -0.1) is 24.0 Å². The summed E-state index contributed by atoms with van der Waals surface area (Å²) in [5.41, 5.74) is 1.84. The van der Waals surface area contributed by atoms with E-state index in [4.69, 9.17) is 9.47 Å². The topological polar surface area (TPSA) is 18.5 Å². The minimum absolute atomic E-state index is 0.608. The molecule has 1 fully saturated rings. The van der Waals surface area contributed by atoms with Gasteiger partial charge in [0, 0.05) is 20.9 Å². The van der Waals surface area contributed by atoms with Crippen LogP contribution in [0, 0.1) is 0 Å². The van der Waals surface area contributed by atoms with Crippen molar-refractivity contribution in [2.75, 3.05) is 13.2 Å². The maximum absolute atomic E-state index is 5.59.